The number of ether oxygens (including phenoxy) is 1. The van der Waals surface area contributed by atoms with Crippen LogP contribution in [0, 0.1) is 13.8 Å². The van der Waals surface area contributed by atoms with Gasteiger partial charge in [0, 0.05) is 13.1 Å². The lowest BCUT2D eigenvalue weighted by atomic mass is 10.1. The number of nitrogens with one attached hydrogen (secondary N) is 1. The maximum atomic E-state index is 13.0. The molecule has 0 aliphatic rings. The Morgan fingerprint density at radius 3 is 2.43 bits per heavy atom. The average molecular weight is 383 g/mol. The molecule has 5 nitrogen and oxygen atoms in total. The minimum absolute atomic E-state index is 0.104. The minimum atomic E-state index is -0.533. The minimum Gasteiger partial charge on any atom is -0.483 e. The number of hydrogen-bond acceptors (Lipinski definition) is 3. The number of benzene rings is 2. The highest BCUT2D eigenvalue weighted by Gasteiger charge is 2.28. The highest BCUT2D eigenvalue weighted by molar-refractivity contribution is 5.88. The molecule has 5 heteroatoms. The fraction of sp³-hybridized carbons (Fsp3) is 0.391. The Morgan fingerprint density at radius 1 is 1.07 bits per heavy atom. The zero-order valence-corrected chi connectivity index (χ0v) is 17.2. The quantitative estimate of drug-likeness (QED) is 0.721. The molecule has 0 aromatic heterocycles. The van der Waals surface area contributed by atoms with Gasteiger partial charge in [0.1, 0.15) is 11.8 Å². The van der Waals surface area contributed by atoms with Crippen molar-refractivity contribution in [3.05, 3.63) is 65.2 Å². The standard InChI is InChI=1S/C23H30N2O3/c1-5-20(23(27)24-6-2)25(15-19-10-8-7-9-11-19)22(26)16-28-21-14-17(3)12-13-18(21)4/h7-14,20H,5-6,15-16H2,1-4H3,(H,24,27). The maximum absolute atomic E-state index is 13.0. The highest BCUT2D eigenvalue weighted by atomic mass is 16.5. The van der Waals surface area contributed by atoms with Crippen LogP contribution in [-0.4, -0.2) is 35.9 Å². The maximum Gasteiger partial charge on any atom is 0.261 e. The normalized spacial score (nSPS) is 11.6. The van der Waals surface area contributed by atoms with Crippen molar-refractivity contribution < 1.29 is 14.3 Å². The molecule has 1 atom stereocenters. The number of carbonyl (C=O) groups is 2. The van der Waals surface area contributed by atoms with E-state index in [1.54, 1.807) is 4.90 Å². The van der Waals surface area contributed by atoms with Crippen LogP contribution >= 0.6 is 0 Å². The molecule has 2 aromatic rings. The first-order chi connectivity index (χ1) is 13.5. The number of aryl methyl sites for hydroxylation is 2. The second kappa shape index (κ2) is 10.5. The fourth-order valence-electron chi connectivity index (χ4n) is 3.08. The first-order valence-corrected chi connectivity index (χ1v) is 9.77. The van der Waals surface area contributed by atoms with Crippen LogP contribution < -0.4 is 10.1 Å². The van der Waals surface area contributed by atoms with Crippen LogP contribution in [0.5, 0.6) is 5.75 Å². The molecular weight excluding hydrogens is 352 g/mol. The van der Waals surface area contributed by atoms with Crippen LogP contribution in [0.15, 0.2) is 48.5 Å². The molecule has 28 heavy (non-hydrogen) atoms. The lowest BCUT2D eigenvalue weighted by Crippen LogP contribution is -2.50. The van der Waals surface area contributed by atoms with E-state index in [9.17, 15) is 9.59 Å². The van der Waals surface area contributed by atoms with Crippen molar-refractivity contribution in [2.45, 2.75) is 46.7 Å². The predicted molar refractivity (Wildman–Crippen MR) is 111 cm³/mol. The van der Waals surface area contributed by atoms with Crippen molar-refractivity contribution in [3.8, 4) is 5.75 Å². The molecule has 2 amide bonds. The van der Waals surface area contributed by atoms with Gasteiger partial charge in [-0.3, -0.25) is 9.59 Å². The SMILES string of the molecule is CCNC(=O)C(CC)N(Cc1ccccc1)C(=O)COc1cc(C)ccc1C. The van der Waals surface area contributed by atoms with Crippen LogP contribution in [0.3, 0.4) is 0 Å². The van der Waals surface area contributed by atoms with Gasteiger partial charge in [0.25, 0.3) is 5.91 Å². The van der Waals surface area contributed by atoms with Gasteiger partial charge in [-0.2, -0.15) is 0 Å². The Labute approximate surface area is 167 Å². The molecule has 0 spiro atoms. The number of rotatable bonds is 9. The Hall–Kier alpha value is -2.82. The largest absolute Gasteiger partial charge is 0.483 e. The first-order valence-electron chi connectivity index (χ1n) is 9.77. The molecule has 0 saturated carbocycles. The summed E-state index contributed by atoms with van der Waals surface area (Å²) in [5, 5.41) is 2.83. The van der Waals surface area contributed by atoms with Crippen molar-refractivity contribution in [2.24, 2.45) is 0 Å². The smallest absolute Gasteiger partial charge is 0.261 e. The fourth-order valence-corrected chi connectivity index (χ4v) is 3.08. The molecule has 2 rings (SSSR count). The third-order valence-corrected chi connectivity index (χ3v) is 4.63. The van der Waals surface area contributed by atoms with Gasteiger partial charge < -0.3 is 15.0 Å². The summed E-state index contributed by atoms with van der Waals surface area (Å²) >= 11 is 0. The predicted octanol–water partition coefficient (Wildman–Crippen LogP) is 3.63. The van der Waals surface area contributed by atoms with Crippen LogP contribution in [0.1, 0.15) is 37.0 Å². The average Bonchev–Trinajstić information content (AvgIpc) is 2.69. The number of nitrogens with zero attached hydrogens (tertiary/aromatic N) is 1. The molecule has 2 aromatic carbocycles. The summed E-state index contributed by atoms with van der Waals surface area (Å²) in [6.07, 6.45) is 0.536. The second-order valence-electron chi connectivity index (χ2n) is 6.88. The topological polar surface area (TPSA) is 58.6 Å². The third kappa shape index (κ3) is 5.84. The van der Waals surface area contributed by atoms with Crippen LogP contribution in [-0.2, 0) is 16.1 Å². The van der Waals surface area contributed by atoms with Crippen molar-refractivity contribution >= 4 is 11.8 Å². The van der Waals surface area contributed by atoms with Gasteiger partial charge in [0.05, 0.1) is 0 Å². The van der Waals surface area contributed by atoms with Crippen LogP contribution in [0.25, 0.3) is 0 Å². The van der Waals surface area contributed by atoms with Gasteiger partial charge in [0.15, 0.2) is 6.61 Å². The van der Waals surface area contributed by atoms with E-state index in [0.29, 0.717) is 25.3 Å². The van der Waals surface area contributed by atoms with Crippen molar-refractivity contribution in [1.29, 1.82) is 0 Å². The van der Waals surface area contributed by atoms with E-state index in [1.165, 1.54) is 0 Å². The molecule has 0 aliphatic heterocycles. The number of hydrogen-bond donors (Lipinski definition) is 1. The van der Waals surface area contributed by atoms with Crippen LogP contribution in [0.2, 0.25) is 0 Å². The number of carbonyl (C=O) groups excluding carboxylic acids is 2. The van der Waals surface area contributed by atoms with E-state index < -0.39 is 6.04 Å². The van der Waals surface area contributed by atoms with Crippen molar-refractivity contribution in [1.82, 2.24) is 10.2 Å². The van der Waals surface area contributed by atoms with Crippen LogP contribution in [0.4, 0.5) is 0 Å². The Balaban J connectivity index is 2.19. The monoisotopic (exact) mass is 382 g/mol. The summed E-state index contributed by atoms with van der Waals surface area (Å²) in [6, 6.07) is 15.1. The highest BCUT2D eigenvalue weighted by Crippen LogP contribution is 2.20. The van der Waals surface area contributed by atoms with Gasteiger partial charge in [0.2, 0.25) is 5.91 Å². The van der Waals surface area contributed by atoms with E-state index in [1.807, 2.05) is 76.2 Å². The molecule has 0 fully saturated rings. The summed E-state index contributed by atoms with van der Waals surface area (Å²) in [5.41, 5.74) is 3.03. The summed E-state index contributed by atoms with van der Waals surface area (Å²) in [6.45, 7) is 8.51. The molecule has 0 bridgehead atoms. The van der Waals surface area contributed by atoms with Gasteiger partial charge >= 0.3 is 0 Å². The molecule has 0 heterocycles. The lowest BCUT2D eigenvalue weighted by Gasteiger charge is -2.30. The summed E-state index contributed by atoms with van der Waals surface area (Å²) < 4.78 is 5.81. The molecular formula is C23H30N2O3. The molecule has 0 saturated heterocycles. The second-order valence-corrected chi connectivity index (χ2v) is 6.88. The first kappa shape index (κ1) is 21.5. The Morgan fingerprint density at radius 2 is 1.79 bits per heavy atom. The van der Waals surface area contributed by atoms with Gasteiger partial charge in [-0.15, -0.1) is 0 Å². The molecule has 150 valence electrons. The lowest BCUT2D eigenvalue weighted by molar-refractivity contribution is -0.142. The van der Waals surface area contributed by atoms with E-state index in [2.05, 4.69) is 5.32 Å². The molecule has 0 aliphatic carbocycles. The van der Waals surface area contributed by atoms with Crippen molar-refractivity contribution in [3.63, 3.8) is 0 Å². The molecule has 1 unspecified atom stereocenters. The van der Waals surface area contributed by atoms with E-state index in [-0.39, 0.29) is 18.4 Å². The van der Waals surface area contributed by atoms with Gasteiger partial charge in [-0.05, 0) is 49.9 Å². The van der Waals surface area contributed by atoms with Gasteiger partial charge in [-0.1, -0.05) is 49.4 Å². The van der Waals surface area contributed by atoms with E-state index in [0.717, 1.165) is 16.7 Å². The summed E-state index contributed by atoms with van der Waals surface area (Å²) in [7, 11) is 0. The Kier molecular flexibility index (Phi) is 8.05. The zero-order chi connectivity index (χ0) is 20.5. The van der Waals surface area contributed by atoms with E-state index >= 15 is 0 Å². The zero-order valence-electron chi connectivity index (χ0n) is 17.2. The van der Waals surface area contributed by atoms with E-state index in [4.69, 9.17) is 4.74 Å². The van der Waals surface area contributed by atoms with Crippen molar-refractivity contribution in [2.75, 3.05) is 13.2 Å². The Bertz CT molecular complexity index is 790. The summed E-state index contributed by atoms with van der Waals surface area (Å²) in [4.78, 5) is 27.2. The number of amides is 2. The molecule has 0 radical (unpaired) electrons. The third-order valence-electron chi connectivity index (χ3n) is 4.63. The van der Waals surface area contributed by atoms with Gasteiger partial charge in [-0.25, -0.2) is 0 Å². The number of likely N-dealkylation sites (N-methyl/N-ethyl adjacent to an activating group) is 1. The summed E-state index contributed by atoms with van der Waals surface area (Å²) in [5.74, 6) is 0.350. The molecule has 1 N–H and O–H groups in total.